The van der Waals surface area contributed by atoms with E-state index in [9.17, 15) is 9.59 Å². The van der Waals surface area contributed by atoms with Gasteiger partial charge < -0.3 is 16.0 Å². The molecule has 0 spiro atoms. The van der Waals surface area contributed by atoms with Gasteiger partial charge in [-0.1, -0.05) is 29.3 Å². The van der Waals surface area contributed by atoms with Crippen LogP contribution in [0.15, 0.2) is 18.2 Å². The number of urea groups is 1. The first kappa shape index (κ1) is 17.6. The summed E-state index contributed by atoms with van der Waals surface area (Å²) in [5.74, 6) is -0.126. The number of hydrogen-bond donors (Lipinski definition) is 3. The molecule has 1 aromatic carbocycles. The second kappa shape index (κ2) is 8.74. The van der Waals surface area contributed by atoms with Gasteiger partial charge in [0.25, 0.3) is 0 Å². The number of amides is 3. The Morgan fingerprint density at radius 3 is 2.29 bits per heavy atom. The van der Waals surface area contributed by atoms with E-state index in [1.807, 2.05) is 6.92 Å². The summed E-state index contributed by atoms with van der Waals surface area (Å²) in [6, 6.07) is 4.90. The van der Waals surface area contributed by atoms with Crippen molar-refractivity contribution in [3.05, 3.63) is 33.8 Å². The molecule has 0 saturated carbocycles. The van der Waals surface area contributed by atoms with Crippen LogP contribution in [0.3, 0.4) is 0 Å². The lowest BCUT2D eigenvalue weighted by Crippen LogP contribution is -2.44. The van der Waals surface area contributed by atoms with Crippen molar-refractivity contribution in [1.29, 1.82) is 0 Å². The molecule has 1 unspecified atom stereocenters. The Bertz CT molecular complexity index is 489. The number of halogens is 2. The highest BCUT2D eigenvalue weighted by atomic mass is 35.5. The third-order valence-electron chi connectivity index (χ3n) is 2.73. The number of nitrogens with one attached hydrogen (secondary N) is 3. The van der Waals surface area contributed by atoms with Crippen molar-refractivity contribution in [3.8, 4) is 0 Å². The highest BCUT2D eigenvalue weighted by molar-refractivity contribution is 6.36. The summed E-state index contributed by atoms with van der Waals surface area (Å²) in [5.41, 5.74) is 0.812. The molecule has 1 rings (SSSR count). The second-order valence-corrected chi connectivity index (χ2v) is 5.50. The third-order valence-corrected chi connectivity index (χ3v) is 3.44. The van der Waals surface area contributed by atoms with Crippen LogP contribution in [-0.4, -0.2) is 31.1 Å². The predicted molar refractivity (Wildman–Crippen MR) is 84.8 cm³/mol. The summed E-state index contributed by atoms with van der Waals surface area (Å²) in [4.78, 5) is 22.3. The van der Waals surface area contributed by atoms with Gasteiger partial charge in [0.15, 0.2) is 0 Å². The highest BCUT2D eigenvalue weighted by Gasteiger charge is 2.12. The molecule has 0 bridgehead atoms. The fourth-order valence-corrected chi connectivity index (χ4v) is 2.33. The van der Waals surface area contributed by atoms with Crippen LogP contribution in [0.5, 0.6) is 0 Å². The van der Waals surface area contributed by atoms with Crippen LogP contribution >= 0.6 is 23.2 Å². The molecule has 1 aromatic rings. The van der Waals surface area contributed by atoms with Gasteiger partial charge in [-0.25, -0.2) is 4.79 Å². The van der Waals surface area contributed by atoms with E-state index >= 15 is 0 Å². The topological polar surface area (TPSA) is 70.2 Å². The Balaban J connectivity index is 2.38. The van der Waals surface area contributed by atoms with Crippen LogP contribution in [-0.2, 0) is 11.2 Å². The van der Waals surface area contributed by atoms with Gasteiger partial charge in [0.2, 0.25) is 5.91 Å². The molecule has 5 nitrogen and oxygen atoms in total. The monoisotopic (exact) mass is 331 g/mol. The van der Waals surface area contributed by atoms with Crippen LogP contribution in [0.1, 0.15) is 19.4 Å². The van der Waals surface area contributed by atoms with Crippen molar-refractivity contribution < 1.29 is 9.59 Å². The largest absolute Gasteiger partial charge is 0.355 e. The van der Waals surface area contributed by atoms with Gasteiger partial charge in [-0.05, 0) is 31.0 Å². The van der Waals surface area contributed by atoms with Crippen molar-refractivity contribution in [1.82, 2.24) is 16.0 Å². The predicted octanol–water partition coefficient (Wildman–Crippen LogP) is 2.36. The van der Waals surface area contributed by atoms with Gasteiger partial charge in [-0.15, -0.1) is 0 Å². The summed E-state index contributed by atoms with van der Waals surface area (Å²) in [5, 5.41) is 9.21. The standard InChI is InChI=1S/C14H19Cl2N3O2/c1-9(8-11-12(15)4-3-5-13(11)16)19-14(21)18-7-6-17-10(2)20/h3-5,9H,6-8H2,1-2H3,(H,17,20)(H2,18,19,21). The van der Waals surface area contributed by atoms with E-state index in [0.29, 0.717) is 29.6 Å². The van der Waals surface area contributed by atoms with Crippen LogP contribution in [0, 0.1) is 0 Å². The fraction of sp³-hybridized carbons (Fsp3) is 0.429. The number of benzene rings is 1. The molecule has 0 aliphatic carbocycles. The van der Waals surface area contributed by atoms with Gasteiger partial charge in [0.05, 0.1) is 0 Å². The maximum atomic E-state index is 11.7. The SMILES string of the molecule is CC(=O)NCCNC(=O)NC(C)Cc1c(Cl)cccc1Cl. The smallest absolute Gasteiger partial charge is 0.315 e. The zero-order valence-corrected chi connectivity index (χ0v) is 13.5. The molecule has 0 radical (unpaired) electrons. The van der Waals surface area contributed by atoms with Crippen LogP contribution < -0.4 is 16.0 Å². The molecule has 1 atom stereocenters. The van der Waals surface area contributed by atoms with E-state index in [4.69, 9.17) is 23.2 Å². The summed E-state index contributed by atoms with van der Waals surface area (Å²) in [7, 11) is 0. The van der Waals surface area contributed by atoms with Crippen molar-refractivity contribution >= 4 is 35.1 Å². The van der Waals surface area contributed by atoms with E-state index in [1.165, 1.54) is 6.92 Å². The molecule has 21 heavy (non-hydrogen) atoms. The van der Waals surface area contributed by atoms with Gasteiger partial charge in [0.1, 0.15) is 0 Å². The first-order chi connectivity index (χ1) is 9.90. The molecular weight excluding hydrogens is 313 g/mol. The molecule has 0 saturated heterocycles. The lowest BCUT2D eigenvalue weighted by atomic mass is 10.1. The minimum Gasteiger partial charge on any atom is -0.355 e. The number of hydrogen-bond acceptors (Lipinski definition) is 2. The van der Waals surface area contributed by atoms with Crippen molar-refractivity contribution in [3.63, 3.8) is 0 Å². The zero-order chi connectivity index (χ0) is 15.8. The van der Waals surface area contributed by atoms with E-state index < -0.39 is 0 Å². The normalized spacial score (nSPS) is 11.6. The summed E-state index contributed by atoms with van der Waals surface area (Å²) >= 11 is 12.2. The lowest BCUT2D eigenvalue weighted by Gasteiger charge is -2.16. The average Bonchev–Trinajstić information content (AvgIpc) is 2.39. The molecule has 0 heterocycles. The van der Waals surface area contributed by atoms with Crippen molar-refractivity contribution in [2.75, 3.05) is 13.1 Å². The first-order valence-electron chi connectivity index (χ1n) is 6.62. The number of rotatable bonds is 6. The minimum atomic E-state index is -0.295. The molecular formula is C14H19Cl2N3O2. The Kier molecular flexibility index (Phi) is 7.32. The summed E-state index contributed by atoms with van der Waals surface area (Å²) < 4.78 is 0. The molecule has 3 amide bonds. The molecule has 0 aromatic heterocycles. The van der Waals surface area contributed by atoms with E-state index in [-0.39, 0.29) is 18.0 Å². The Hall–Kier alpha value is -1.46. The molecule has 0 aliphatic heterocycles. The Labute approximate surface area is 134 Å². The minimum absolute atomic E-state index is 0.122. The van der Waals surface area contributed by atoms with Gasteiger partial charge in [-0.2, -0.15) is 0 Å². The average molecular weight is 332 g/mol. The highest BCUT2D eigenvalue weighted by Crippen LogP contribution is 2.25. The van der Waals surface area contributed by atoms with Gasteiger partial charge in [0, 0.05) is 36.1 Å². The Morgan fingerprint density at radius 2 is 1.71 bits per heavy atom. The summed E-state index contributed by atoms with van der Waals surface area (Å²) in [6.07, 6.45) is 0.539. The number of carbonyl (C=O) groups is 2. The van der Waals surface area contributed by atoms with E-state index in [2.05, 4.69) is 16.0 Å². The van der Waals surface area contributed by atoms with Gasteiger partial charge in [-0.3, -0.25) is 4.79 Å². The molecule has 0 fully saturated rings. The Morgan fingerprint density at radius 1 is 1.14 bits per heavy atom. The van der Waals surface area contributed by atoms with Crippen LogP contribution in [0.25, 0.3) is 0 Å². The molecule has 116 valence electrons. The van der Waals surface area contributed by atoms with Crippen molar-refractivity contribution in [2.24, 2.45) is 0 Å². The van der Waals surface area contributed by atoms with Crippen LogP contribution in [0.4, 0.5) is 4.79 Å². The van der Waals surface area contributed by atoms with E-state index in [1.54, 1.807) is 18.2 Å². The van der Waals surface area contributed by atoms with Gasteiger partial charge >= 0.3 is 6.03 Å². The third kappa shape index (κ3) is 6.69. The summed E-state index contributed by atoms with van der Waals surface area (Å²) in [6.45, 7) is 4.06. The maximum Gasteiger partial charge on any atom is 0.315 e. The quantitative estimate of drug-likeness (QED) is 0.700. The maximum absolute atomic E-state index is 11.7. The second-order valence-electron chi connectivity index (χ2n) is 4.69. The zero-order valence-electron chi connectivity index (χ0n) is 12.0. The fourth-order valence-electron chi connectivity index (χ4n) is 1.77. The lowest BCUT2D eigenvalue weighted by molar-refractivity contribution is -0.118. The van der Waals surface area contributed by atoms with Crippen molar-refractivity contribution in [2.45, 2.75) is 26.3 Å². The number of carbonyl (C=O) groups excluding carboxylic acids is 2. The van der Waals surface area contributed by atoms with Crippen LogP contribution in [0.2, 0.25) is 10.0 Å². The van der Waals surface area contributed by atoms with E-state index in [0.717, 1.165) is 5.56 Å². The first-order valence-corrected chi connectivity index (χ1v) is 7.37. The molecule has 0 aliphatic rings. The molecule has 7 heteroatoms. The molecule has 3 N–H and O–H groups in total.